The number of aromatic nitrogens is 6. The Labute approximate surface area is 727 Å². The van der Waals surface area contributed by atoms with Gasteiger partial charge in [-0.1, -0.05) is 55.4 Å². The Bertz CT molecular complexity index is 5480. The van der Waals surface area contributed by atoms with E-state index in [1.54, 1.807) is 178 Å². The van der Waals surface area contributed by atoms with E-state index in [-0.39, 0.29) is 41.1 Å². The molecule has 12 rings (SSSR count). The molecule has 0 fully saturated rings. The quantitative estimate of drug-likeness (QED) is 0.0226. The molecule has 2 atom stereocenters. The van der Waals surface area contributed by atoms with Gasteiger partial charge in [0.25, 0.3) is 0 Å². The predicted octanol–water partition coefficient (Wildman–Crippen LogP) is 20.9. The van der Waals surface area contributed by atoms with E-state index in [2.05, 4.69) is 76.2 Å². The average molecular weight is 1810 g/mol. The Balaban J connectivity index is 0.000000233. The number of aldehydes is 1. The van der Waals surface area contributed by atoms with Crippen LogP contribution >= 0.6 is 46.2 Å². The number of halogens is 3. The van der Waals surface area contributed by atoms with Crippen LogP contribution in [0.1, 0.15) is 213 Å². The number of nitrogens with zero attached hydrogens (tertiary/aromatic N) is 6. The molecule has 10 aromatic rings. The number of nitrogens with one attached hydrogen (secondary N) is 2. The summed E-state index contributed by atoms with van der Waals surface area (Å²) >= 11 is 4.32. The maximum absolute atomic E-state index is 13.2. The van der Waals surface area contributed by atoms with E-state index in [0.717, 1.165) is 56.2 Å². The second kappa shape index (κ2) is 43.5. The fourth-order valence-corrected chi connectivity index (χ4v) is 15.2. The van der Waals surface area contributed by atoms with Gasteiger partial charge in [0.1, 0.15) is 55.5 Å². The molecule has 0 amide bonds. The third-order valence-electron chi connectivity index (χ3n) is 16.9. The number of ether oxygens (including phenoxy) is 9. The molecule has 0 aliphatic carbocycles. The molecule has 0 bridgehead atoms. The molecule has 122 heavy (non-hydrogen) atoms. The molecule has 659 valence electrons. The molecule has 0 saturated carbocycles. The number of H-pyrrole nitrogens is 2. The topological polar surface area (TPSA) is 363 Å². The molecule has 2 aliphatic heterocycles. The van der Waals surface area contributed by atoms with E-state index in [4.69, 9.17) is 50.4 Å². The van der Waals surface area contributed by atoms with Gasteiger partial charge in [0, 0.05) is 104 Å². The molecule has 2 N–H and O–H groups in total. The molecule has 4 aromatic carbocycles. The fourth-order valence-electron chi connectivity index (χ4n) is 10.9. The van der Waals surface area contributed by atoms with Gasteiger partial charge >= 0.3 is 53.2 Å². The van der Waals surface area contributed by atoms with Gasteiger partial charge in [-0.3, -0.25) is 43.1 Å². The third kappa shape index (κ3) is 29.1. The van der Waals surface area contributed by atoms with E-state index in [1.165, 1.54) is 49.8 Å². The summed E-state index contributed by atoms with van der Waals surface area (Å²) in [6.45, 7) is 37.5. The first-order valence-electron chi connectivity index (χ1n) is 38.1. The van der Waals surface area contributed by atoms with Gasteiger partial charge in [0.15, 0.2) is 10.0 Å². The number of aromatic amines is 2. The number of ketones is 4. The van der Waals surface area contributed by atoms with Crippen molar-refractivity contribution in [1.82, 2.24) is 29.1 Å². The molecule has 0 saturated heterocycles. The van der Waals surface area contributed by atoms with E-state index in [9.17, 15) is 51.5 Å². The number of methoxy groups -OCH3 is 4. The van der Waals surface area contributed by atoms with Crippen LogP contribution in [-0.2, 0) is 51.0 Å². The van der Waals surface area contributed by atoms with Crippen LogP contribution in [0.15, 0.2) is 118 Å². The van der Waals surface area contributed by atoms with Crippen molar-refractivity contribution in [3.63, 3.8) is 0 Å². The van der Waals surface area contributed by atoms with Gasteiger partial charge in [-0.2, -0.15) is 13.2 Å². The first kappa shape index (κ1) is 100. The number of rotatable bonds is 16. The van der Waals surface area contributed by atoms with Crippen molar-refractivity contribution < 1.29 is 121 Å². The van der Waals surface area contributed by atoms with E-state index in [1.807, 2.05) is 61.0 Å². The summed E-state index contributed by atoms with van der Waals surface area (Å²) in [4.78, 5) is 132. The molecule has 0 spiro atoms. The van der Waals surface area contributed by atoms with Gasteiger partial charge in [0.2, 0.25) is 29.4 Å². The van der Waals surface area contributed by atoms with Crippen molar-refractivity contribution in [2.24, 2.45) is 21.8 Å². The minimum atomic E-state index is -4.64. The molecular weight excluding hydrogens is 1710 g/mol. The Morgan fingerprint density at radius 3 is 1.07 bits per heavy atom. The number of Topliss-reactive ketones (excluding diaryl/α,β-unsaturated/α-hetero) is 2. The van der Waals surface area contributed by atoms with Crippen molar-refractivity contribution in [1.29, 1.82) is 0 Å². The summed E-state index contributed by atoms with van der Waals surface area (Å²) in [6.07, 6.45) is -2.33. The summed E-state index contributed by atoms with van der Waals surface area (Å²) < 4.78 is 96.6. The van der Waals surface area contributed by atoms with Gasteiger partial charge < -0.3 is 52.6 Å². The molecule has 0 radical (unpaired) electrons. The average Bonchev–Trinajstić information content (AvgIpc) is 1.62. The van der Waals surface area contributed by atoms with E-state index in [0.29, 0.717) is 93.4 Å². The van der Waals surface area contributed by atoms with Crippen molar-refractivity contribution >= 4 is 154 Å². The number of alkyl halides is 3. The SMILES string of the molecule is CC(C)(C)OC(=O)OC(=O)OC(C)(C)C.COc1ccc2c(C(=O)C3=NC(C(C)C)CS3)c[nH]c2c1.COc1ccc2c(C(=O)C3=NC(C(C)C)CS3)cn(C(=O)OC(C)(C)C)c2c1.COc1ccc2c(C(=O)c3nc(C(C)C)cs3)c[nH]c2c1.COc1ccc2c(C(=O)c3nc(C(C)C)cs3)cn(C(=O)OC(C)(C)C)c2c1.O=CC(F)(F)F.[O]=[Mn]=[O]. The first-order valence-corrected chi connectivity index (χ1v) is 42.8. The molecule has 2 aliphatic rings. The van der Waals surface area contributed by atoms with Crippen LogP contribution in [-0.4, -0.2) is 174 Å². The second-order valence-corrected chi connectivity index (χ2v) is 36.4. The number of thioether (sulfide) groups is 2. The number of fused-ring (bicyclic) bond motifs is 4. The van der Waals surface area contributed by atoms with Crippen molar-refractivity contribution in [3.05, 3.63) is 152 Å². The number of thiazole rings is 2. The number of hydrogen-bond acceptors (Lipinski definition) is 28. The summed E-state index contributed by atoms with van der Waals surface area (Å²) in [5, 5.41) is 9.05. The number of benzene rings is 4. The Kier molecular flexibility index (Phi) is 35.8. The normalized spacial score (nSPS) is 13.8. The summed E-state index contributed by atoms with van der Waals surface area (Å²) in [5.74, 6) is 5.44. The van der Waals surface area contributed by atoms with Crippen molar-refractivity contribution in [2.75, 3.05) is 39.9 Å². The van der Waals surface area contributed by atoms with Crippen LogP contribution in [0.2, 0.25) is 0 Å². The zero-order valence-corrected chi connectivity index (χ0v) is 76.8. The zero-order valence-electron chi connectivity index (χ0n) is 72.3. The van der Waals surface area contributed by atoms with Gasteiger partial charge in [-0.05, 0) is 155 Å². The second-order valence-electron chi connectivity index (χ2n) is 32.4. The minimum absolute atomic E-state index is 0.0135. The fraction of sp³-hybridized carbons (Fsp3) is 0.430. The van der Waals surface area contributed by atoms with Crippen molar-refractivity contribution in [3.8, 4) is 23.0 Å². The van der Waals surface area contributed by atoms with Crippen LogP contribution in [0.5, 0.6) is 23.0 Å². The summed E-state index contributed by atoms with van der Waals surface area (Å²) in [5.41, 5.74) is 4.26. The molecular formula is C86H103F3MnN8O20S4. The number of aliphatic imine (C=N–C) groups is 2. The Hall–Kier alpha value is -10.5. The third-order valence-corrected chi connectivity index (χ3v) is 20.8. The van der Waals surface area contributed by atoms with E-state index < -0.39 is 74.2 Å². The van der Waals surface area contributed by atoms with Gasteiger partial charge in [0.05, 0.1) is 85.2 Å². The monoisotopic (exact) mass is 1810 g/mol. The van der Waals surface area contributed by atoms with Crippen LogP contribution in [0.3, 0.4) is 0 Å². The standard InChI is InChI=1S/C21H26N2O4S.C21H24N2O4S.C16H18N2O2S.C16H16N2O2S.C10H18O5.C2HF3O.Mn.2O/c2*1-12(2)16-11-28-19(22-16)18(24)15-10-23(20(25)27-21(3,4)5)17-9-13(26-6)7-8-14(15)17;2*1-9(2)14-8-21-16(18-14)15(19)12-7-17-13-6-10(20-3)4-5-11(12)13;1-9(2,3)14-7(11)13-8(12)15-10(4,5)6;3-2(4,5)1-6;;;/h7-10,12,16H,11H2,1-6H3;7-12H,1-6H3;4-7,9,14,17H,8H2,1-3H3;4-9,17H,1-3H3;1-6H3;1H;;;. The predicted molar refractivity (Wildman–Crippen MR) is 462 cm³/mol. The first-order chi connectivity index (χ1) is 56.9. The van der Waals surface area contributed by atoms with Crippen LogP contribution in [0.4, 0.5) is 32.3 Å². The Morgan fingerprint density at radius 2 is 0.770 bits per heavy atom. The van der Waals surface area contributed by atoms with Gasteiger partial charge in [-0.25, -0.2) is 29.1 Å². The molecule has 36 heteroatoms. The van der Waals surface area contributed by atoms with Crippen LogP contribution in [0, 0.1) is 11.8 Å². The Morgan fingerprint density at radius 1 is 0.467 bits per heavy atom. The molecule has 8 heterocycles. The van der Waals surface area contributed by atoms with Crippen LogP contribution < -0.4 is 18.9 Å². The summed E-state index contributed by atoms with van der Waals surface area (Å²) in [6, 6.07) is 22.3. The van der Waals surface area contributed by atoms with Crippen molar-refractivity contribution in [2.45, 2.75) is 191 Å². The zero-order chi connectivity index (χ0) is 91.4. The number of hydrogen-bond donors (Lipinski definition) is 2. The maximum atomic E-state index is 13.2. The van der Waals surface area contributed by atoms with Crippen LogP contribution in [0.25, 0.3) is 43.6 Å². The van der Waals surface area contributed by atoms with E-state index >= 15 is 0 Å². The summed E-state index contributed by atoms with van der Waals surface area (Å²) in [7, 11) is 6.37. The molecule has 2 unspecified atom stereocenters. The number of carbonyl (C=O) groups excluding carboxylic acids is 9. The molecule has 28 nitrogen and oxygen atoms in total. The molecule has 6 aromatic heterocycles. The number of carbonyl (C=O) groups is 9. The van der Waals surface area contributed by atoms with Gasteiger partial charge in [-0.15, -0.1) is 46.2 Å².